The fraction of sp³-hybridized carbons (Fsp3) is 1.00. The van der Waals surface area contributed by atoms with Gasteiger partial charge in [-0.25, -0.2) is 0 Å². The fourth-order valence-corrected chi connectivity index (χ4v) is 10.1. The molecule has 0 saturated heterocycles. The number of fused-ring (bicyclic) bond motifs is 5. The van der Waals surface area contributed by atoms with E-state index < -0.39 is 0 Å². The van der Waals surface area contributed by atoms with Crippen molar-refractivity contribution in [1.82, 2.24) is 0 Å². The molecule has 4 fully saturated rings. The Balaban J connectivity index is 1.63. The second-order valence-electron chi connectivity index (χ2n) is 13.3. The maximum absolute atomic E-state index is 2.77. The van der Waals surface area contributed by atoms with Crippen molar-refractivity contribution in [1.29, 1.82) is 0 Å². The molecular weight excluding hydrogens is 336 g/mol. The van der Waals surface area contributed by atoms with Gasteiger partial charge in [-0.3, -0.25) is 0 Å². The molecule has 8 atom stereocenters. The maximum atomic E-state index is 2.77. The average Bonchev–Trinajstić information content (AvgIpc) is 2.91. The van der Waals surface area contributed by atoms with Gasteiger partial charge in [0.25, 0.3) is 0 Å². The van der Waals surface area contributed by atoms with Crippen molar-refractivity contribution in [2.75, 3.05) is 0 Å². The van der Waals surface area contributed by atoms with Gasteiger partial charge >= 0.3 is 0 Å². The van der Waals surface area contributed by atoms with E-state index in [0.717, 1.165) is 29.6 Å². The summed E-state index contributed by atoms with van der Waals surface area (Å²) >= 11 is 0. The summed E-state index contributed by atoms with van der Waals surface area (Å²) in [5, 5.41) is 0. The first kappa shape index (κ1) is 21.2. The molecule has 162 valence electrons. The highest BCUT2D eigenvalue weighted by atomic mass is 14.7. The Kier molecular flexibility index (Phi) is 5.32. The summed E-state index contributed by atoms with van der Waals surface area (Å²) in [6.07, 6.45) is 17.9. The highest BCUT2D eigenvalue weighted by Gasteiger charge is 2.67. The van der Waals surface area contributed by atoms with Gasteiger partial charge in [0.05, 0.1) is 0 Å². The van der Waals surface area contributed by atoms with Crippen molar-refractivity contribution in [2.45, 2.75) is 126 Å². The minimum atomic E-state index is 0.589. The van der Waals surface area contributed by atoms with Crippen LogP contribution in [-0.2, 0) is 0 Å². The zero-order valence-electron chi connectivity index (χ0n) is 20.4. The average molecular weight is 387 g/mol. The van der Waals surface area contributed by atoms with Crippen molar-refractivity contribution in [2.24, 2.45) is 51.2 Å². The minimum absolute atomic E-state index is 0.589. The first-order chi connectivity index (χ1) is 13.1. The van der Waals surface area contributed by atoms with Gasteiger partial charge in [-0.15, -0.1) is 0 Å². The van der Waals surface area contributed by atoms with Gasteiger partial charge in [-0.05, 0) is 103 Å². The van der Waals surface area contributed by atoms with Crippen LogP contribution in [-0.4, -0.2) is 0 Å². The quantitative estimate of drug-likeness (QED) is 0.452. The van der Waals surface area contributed by atoms with Crippen LogP contribution in [0.1, 0.15) is 126 Å². The van der Waals surface area contributed by atoms with E-state index in [4.69, 9.17) is 0 Å². The van der Waals surface area contributed by atoms with E-state index in [0.29, 0.717) is 21.7 Å². The van der Waals surface area contributed by atoms with Crippen molar-refractivity contribution in [3.63, 3.8) is 0 Å². The molecule has 4 aliphatic rings. The van der Waals surface area contributed by atoms with Crippen molar-refractivity contribution in [3.8, 4) is 0 Å². The Morgan fingerprint density at radius 2 is 1.54 bits per heavy atom. The van der Waals surface area contributed by atoms with Crippen LogP contribution in [0.4, 0.5) is 0 Å². The molecule has 0 N–H and O–H groups in total. The lowest BCUT2D eigenvalue weighted by Gasteiger charge is -2.67. The minimum Gasteiger partial charge on any atom is -0.0654 e. The van der Waals surface area contributed by atoms with Gasteiger partial charge in [0.15, 0.2) is 0 Å². The van der Waals surface area contributed by atoms with Gasteiger partial charge in [-0.2, -0.15) is 0 Å². The summed E-state index contributed by atoms with van der Waals surface area (Å²) in [5.74, 6) is 4.90. The summed E-state index contributed by atoms with van der Waals surface area (Å²) in [6, 6.07) is 0. The second-order valence-corrected chi connectivity index (χ2v) is 13.3. The standard InChI is InChI=1S/C28H50/c1-8-9-11-20(2)21-15-17-28(7)24-14-13-22-23(12-10-16-25(22,3)4)26(24,5)18-19-27(21,28)6/h20-24H,8-19H2,1-7H3/t20?,21?,22?,23?,24?,26?,27?,28-/m0/s1. The molecule has 0 aliphatic heterocycles. The molecule has 0 nitrogen and oxygen atoms in total. The molecule has 0 aromatic rings. The molecule has 0 radical (unpaired) electrons. The van der Waals surface area contributed by atoms with Crippen LogP contribution in [0.25, 0.3) is 0 Å². The summed E-state index contributed by atoms with van der Waals surface area (Å²) < 4.78 is 0. The topological polar surface area (TPSA) is 0 Å². The maximum Gasteiger partial charge on any atom is -0.0235 e. The summed E-state index contributed by atoms with van der Waals surface area (Å²) in [4.78, 5) is 0. The second kappa shape index (κ2) is 7.02. The van der Waals surface area contributed by atoms with Crippen LogP contribution in [0.15, 0.2) is 0 Å². The van der Waals surface area contributed by atoms with Gasteiger partial charge in [0.2, 0.25) is 0 Å². The molecule has 7 unspecified atom stereocenters. The van der Waals surface area contributed by atoms with Gasteiger partial charge < -0.3 is 0 Å². The molecule has 0 aromatic carbocycles. The molecule has 4 saturated carbocycles. The van der Waals surface area contributed by atoms with Crippen LogP contribution in [0.3, 0.4) is 0 Å². The van der Waals surface area contributed by atoms with E-state index in [1.807, 2.05) is 0 Å². The predicted octanol–water partition coefficient (Wildman–Crippen LogP) is 8.89. The molecule has 4 aliphatic carbocycles. The Morgan fingerprint density at radius 3 is 2.25 bits per heavy atom. The van der Waals surface area contributed by atoms with Crippen LogP contribution < -0.4 is 0 Å². The predicted molar refractivity (Wildman–Crippen MR) is 122 cm³/mol. The van der Waals surface area contributed by atoms with E-state index in [1.165, 1.54) is 77.0 Å². The summed E-state index contributed by atoms with van der Waals surface area (Å²) in [6.45, 7) is 18.5. The van der Waals surface area contributed by atoms with Gasteiger partial charge in [0.1, 0.15) is 0 Å². The molecular formula is C28H50. The highest BCUT2D eigenvalue weighted by Crippen LogP contribution is 2.75. The first-order valence-corrected chi connectivity index (χ1v) is 13.1. The van der Waals surface area contributed by atoms with Crippen LogP contribution in [0, 0.1) is 51.2 Å². The Labute approximate surface area is 177 Å². The number of hydrogen-bond donors (Lipinski definition) is 0. The summed E-state index contributed by atoms with van der Waals surface area (Å²) in [7, 11) is 0. The van der Waals surface area contributed by atoms with Crippen LogP contribution in [0.2, 0.25) is 0 Å². The van der Waals surface area contributed by atoms with E-state index in [-0.39, 0.29) is 0 Å². The largest absolute Gasteiger partial charge is 0.0654 e. The zero-order valence-corrected chi connectivity index (χ0v) is 20.4. The zero-order chi connectivity index (χ0) is 20.4. The van der Waals surface area contributed by atoms with Crippen molar-refractivity contribution >= 4 is 0 Å². The Morgan fingerprint density at radius 1 is 0.786 bits per heavy atom. The monoisotopic (exact) mass is 386 g/mol. The molecule has 4 rings (SSSR count). The molecule has 0 spiro atoms. The van der Waals surface area contributed by atoms with Gasteiger partial charge in [0, 0.05) is 0 Å². The molecule has 0 heteroatoms. The van der Waals surface area contributed by atoms with E-state index in [2.05, 4.69) is 48.5 Å². The van der Waals surface area contributed by atoms with Crippen LogP contribution >= 0.6 is 0 Å². The lowest BCUT2D eigenvalue weighted by atomic mass is 9.37. The van der Waals surface area contributed by atoms with Crippen LogP contribution in [0.5, 0.6) is 0 Å². The number of rotatable bonds is 4. The number of unbranched alkanes of at least 4 members (excludes halogenated alkanes) is 1. The van der Waals surface area contributed by atoms with Gasteiger partial charge in [-0.1, -0.05) is 74.1 Å². The first-order valence-electron chi connectivity index (χ1n) is 13.1. The molecule has 0 bridgehead atoms. The smallest absolute Gasteiger partial charge is 0.0235 e. The fourth-order valence-electron chi connectivity index (χ4n) is 10.1. The molecule has 0 aromatic heterocycles. The molecule has 0 amide bonds. The SMILES string of the molecule is CCCCC(C)C1CC[C@@]2(C)C3CCC4C(CCCC4(C)C)C3(C)CCC12C. The van der Waals surface area contributed by atoms with Crippen molar-refractivity contribution in [3.05, 3.63) is 0 Å². The normalized spacial score (nSPS) is 51.1. The third-order valence-electron chi connectivity index (χ3n) is 12.0. The summed E-state index contributed by atoms with van der Waals surface area (Å²) in [5.41, 5.74) is 2.40. The lowest BCUT2D eigenvalue weighted by molar-refractivity contribution is -0.188. The van der Waals surface area contributed by atoms with E-state index in [9.17, 15) is 0 Å². The third-order valence-corrected chi connectivity index (χ3v) is 12.0. The molecule has 28 heavy (non-hydrogen) atoms. The third kappa shape index (κ3) is 2.81. The highest BCUT2D eigenvalue weighted by molar-refractivity contribution is 5.16. The lowest BCUT2D eigenvalue weighted by Crippen LogP contribution is -2.60. The van der Waals surface area contributed by atoms with E-state index >= 15 is 0 Å². The molecule has 0 heterocycles. The van der Waals surface area contributed by atoms with Crippen molar-refractivity contribution < 1.29 is 0 Å². The Hall–Kier alpha value is 0. The Bertz CT molecular complexity index is 575. The van der Waals surface area contributed by atoms with E-state index in [1.54, 1.807) is 0 Å². The number of hydrogen-bond acceptors (Lipinski definition) is 0.